The number of carbonyl (C=O) groups excluding carboxylic acids is 1. The smallest absolute Gasteiger partial charge is 0.166 e. The SMILES string of the molecule is O=C1CCC(c2ccccc2)Oc2cc(Cl)ccc21. The van der Waals surface area contributed by atoms with Gasteiger partial charge in [0.1, 0.15) is 11.9 Å². The highest BCUT2D eigenvalue weighted by molar-refractivity contribution is 6.30. The van der Waals surface area contributed by atoms with E-state index >= 15 is 0 Å². The molecule has 2 aromatic rings. The normalized spacial score (nSPS) is 18.4. The lowest BCUT2D eigenvalue weighted by molar-refractivity contribution is 0.0977. The van der Waals surface area contributed by atoms with Crippen LogP contribution in [0, 0.1) is 0 Å². The average molecular weight is 273 g/mol. The summed E-state index contributed by atoms with van der Waals surface area (Å²) < 4.78 is 5.99. The Kier molecular flexibility index (Phi) is 3.26. The van der Waals surface area contributed by atoms with Crippen LogP contribution in [0.3, 0.4) is 0 Å². The van der Waals surface area contributed by atoms with Gasteiger partial charge in [0.2, 0.25) is 0 Å². The third-order valence-corrected chi connectivity index (χ3v) is 3.55. The number of Topliss-reactive ketones (excluding diaryl/α,β-unsaturated/α-hetero) is 1. The Hall–Kier alpha value is -1.80. The number of hydrogen-bond acceptors (Lipinski definition) is 2. The van der Waals surface area contributed by atoms with Gasteiger partial charge in [0.05, 0.1) is 5.56 Å². The van der Waals surface area contributed by atoms with Gasteiger partial charge in [-0.3, -0.25) is 4.79 Å². The second-order valence-electron chi connectivity index (χ2n) is 4.62. The predicted octanol–water partition coefficient (Wildman–Crippen LogP) is 4.44. The summed E-state index contributed by atoms with van der Waals surface area (Å²) in [5.41, 5.74) is 1.71. The fraction of sp³-hybridized carbons (Fsp3) is 0.188. The Morgan fingerprint density at radius 3 is 2.68 bits per heavy atom. The standard InChI is InChI=1S/C16H13ClO2/c17-12-6-7-13-14(18)8-9-15(19-16(13)10-12)11-4-2-1-3-5-11/h1-7,10,15H,8-9H2. The quantitative estimate of drug-likeness (QED) is 0.767. The molecule has 1 aliphatic heterocycles. The molecule has 0 amide bonds. The largest absolute Gasteiger partial charge is 0.485 e. The first kappa shape index (κ1) is 12.2. The van der Waals surface area contributed by atoms with Gasteiger partial charge in [0.15, 0.2) is 5.78 Å². The van der Waals surface area contributed by atoms with Gasteiger partial charge in [-0.25, -0.2) is 0 Å². The van der Waals surface area contributed by atoms with Crippen molar-refractivity contribution in [3.63, 3.8) is 0 Å². The van der Waals surface area contributed by atoms with Gasteiger partial charge in [-0.2, -0.15) is 0 Å². The van der Waals surface area contributed by atoms with Crippen molar-refractivity contribution in [2.24, 2.45) is 0 Å². The topological polar surface area (TPSA) is 26.3 Å². The number of rotatable bonds is 1. The number of ketones is 1. The van der Waals surface area contributed by atoms with Crippen molar-refractivity contribution in [3.05, 3.63) is 64.7 Å². The van der Waals surface area contributed by atoms with Crippen LogP contribution in [-0.2, 0) is 0 Å². The molecule has 3 heteroatoms. The Morgan fingerprint density at radius 1 is 1.11 bits per heavy atom. The Labute approximate surface area is 117 Å². The summed E-state index contributed by atoms with van der Waals surface area (Å²) in [6.07, 6.45) is 1.09. The zero-order valence-electron chi connectivity index (χ0n) is 10.3. The molecular formula is C16H13ClO2. The first-order valence-electron chi connectivity index (χ1n) is 6.28. The fourth-order valence-electron chi connectivity index (χ4n) is 2.34. The minimum Gasteiger partial charge on any atom is -0.485 e. The van der Waals surface area contributed by atoms with Crippen LogP contribution < -0.4 is 4.74 Å². The van der Waals surface area contributed by atoms with Crippen LogP contribution in [0.5, 0.6) is 5.75 Å². The van der Waals surface area contributed by atoms with Gasteiger partial charge in [-0.15, -0.1) is 0 Å². The second kappa shape index (κ2) is 5.06. The van der Waals surface area contributed by atoms with Crippen molar-refractivity contribution in [1.29, 1.82) is 0 Å². The highest BCUT2D eigenvalue weighted by Crippen LogP contribution is 2.34. The van der Waals surface area contributed by atoms with E-state index in [9.17, 15) is 4.79 Å². The molecule has 0 bridgehead atoms. The molecule has 0 aromatic heterocycles. The highest BCUT2D eigenvalue weighted by atomic mass is 35.5. The van der Waals surface area contributed by atoms with Crippen LogP contribution in [0.1, 0.15) is 34.9 Å². The van der Waals surface area contributed by atoms with Gasteiger partial charge >= 0.3 is 0 Å². The lowest BCUT2D eigenvalue weighted by Gasteiger charge is -2.17. The van der Waals surface area contributed by atoms with Crippen molar-refractivity contribution < 1.29 is 9.53 Å². The molecule has 2 nitrogen and oxygen atoms in total. The maximum atomic E-state index is 12.1. The summed E-state index contributed by atoms with van der Waals surface area (Å²) in [7, 11) is 0. The van der Waals surface area contributed by atoms with E-state index in [0.717, 1.165) is 5.56 Å². The van der Waals surface area contributed by atoms with Crippen molar-refractivity contribution in [1.82, 2.24) is 0 Å². The first-order chi connectivity index (χ1) is 9.24. The lowest BCUT2D eigenvalue weighted by Crippen LogP contribution is -2.06. The molecule has 1 aliphatic rings. The van der Waals surface area contributed by atoms with Crippen LogP contribution in [0.2, 0.25) is 5.02 Å². The molecule has 0 aliphatic carbocycles. The van der Waals surface area contributed by atoms with E-state index in [-0.39, 0.29) is 11.9 Å². The Bertz CT molecular complexity index is 607. The summed E-state index contributed by atoms with van der Waals surface area (Å²) in [6.45, 7) is 0. The maximum absolute atomic E-state index is 12.1. The van der Waals surface area contributed by atoms with Gasteiger partial charge < -0.3 is 4.74 Å². The Balaban J connectivity index is 1.99. The molecule has 96 valence electrons. The number of fused-ring (bicyclic) bond motifs is 1. The molecule has 19 heavy (non-hydrogen) atoms. The van der Waals surface area contributed by atoms with E-state index in [1.54, 1.807) is 18.2 Å². The van der Waals surface area contributed by atoms with E-state index in [1.165, 1.54) is 0 Å². The van der Waals surface area contributed by atoms with Crippen LogP contribution in [0.15, 0.2) is 48.5 Å². The first-order valence-corrected chi connectivity index (χ1v) is 6.66. The molecule has 0 saturated heterocycles. The summed E-state index contributed by atoms with van der Waals surface area (Å²) in [4.78, 5) is 12.1. The zero-order valence-corrected chi connectivity index (χ0v) is 11.1. The van der Waals surface area contributed by atoms with Crippen molar-refractivity contribution in [2.75, 3.05) is 0 Å². The van der Waals surface area contributed by atoms with E-state index in [1.807, 2.05) is 30.3 Å². The van der Waals surface area contributed by atoms with Crippen LogP contribution in [-0.4, -0.2) is 5.78 Å². The molecule has 1 unspecified atom stereocenters. The van der Waals surface area contributed by atoms with Gasteiger partial charge in [-0.1, -0.05) is 41.9 Å². The van der Waals surface area contributed by atoms with Crippen molar-refractivity contribution in [3.8, 4) is 5.75 Å². The third kappa shape index (κ3) is 2.49. The van der Waals surface area contributed by atoms with E-state index in [4.69, 9.17) is 16.3 Å². The summed E-state index contributed by atoms with van der Waals surface area (Å²) in [6, 6.07) is 15.1. The molecule has 2 aromatic carbocycles. The van der Waals surface area contributed by atoms with Gasteiger partial charge in [0, 0.05) is 11.4 Å². The van der Waals surface area contributed by atoms with E-state index in [2.05, 4.69) is 0 Å². The summed E-state index contributed by atoms with van der Waals surface area (Å²) in [5.74, 6) is 0.703. The lowest BCUT2D eigenvalue weighted by atomic mass is 10.0. The van der Waals surface area contributed by atoms with Crippen LogP contribution >= 0.6 is 11.6 Å². The Morgan fingerprint density at radius 2 is 1.89 bits per heavy atom. The van der Waals surface area contributed by atoms with Crippen LogP contribution in [0.4, 0.5) is 0 Å². The van der Waals surface area contributed by atoms with E-state index in [0.29, 0.717) is 29.2 Å². The summed E-state index contributed by atoms with van der Waals surface area (Å²) in [5, 5.41) is 0.584. The fourth-order valence-corrected chi connectivity index (χ4v) is 2.50. The molecule has 0 radical (unpaired) electrons. The number of halogens is 1. The average Bonchev–Trinajstić information content (AvgIpc) is 2.59. The minimum atomic E-state index is -0.0927. The predicted molar refractivity (Wildman–Crippen MR) is 74.8 cm³/mol. The highest BCUT2D eigenvalue weighted by Gasteiger charge is 2.24. The van der Waals surface area contributed by atoms with Crippen LogP contribution in [0.25, 0.3) is 0 Å². The molecule has 0 saturated carbocycles. The monoisotopic (exact) mass is 272 g/mol. The van der Waals surface area contributed by atoms with Gasteiger partial charge in [0.25, 0.3) is 0 Å². The number of carbonyl (C=O) groups is 1. The third-order valence-electron chi connectivity index (χ3n) is 3.32. The maximum Gasteiger partial charge on any atom is 0.166 e. The number of hydrogen-bond donors (Lipinski definition) is 0. The zero-order chi connectivity index (χ0) is 13.2. The number of ether oxygens (including phenoxy) is 1. The number of benzene rings is 2. The summed E-state index contributed by atoms with van der Waals surface area (Å²) >= 11 is 5.98. The molecule has 0 spiro atoms. The molecule has 1 heterocycles. The second-order valence-corrected chi connectivity index (χ2v) is 5.06. The molecule has 0 fully saturated rings. The van der Waals surface area contributed by atoms with Crippen molar-refractivity contribution >= 4 is 17.4 Å². The van der Waals surface area contributed by atoms with Crippen molar-refractivity contribution in [2.45, 2.75) is 18.9 Å². The molecule has 1 atom stereocenters. The molecule has 0 N–H and O–H groups in total. The van der Waals surface area contributed by atoms with Gasteiger partial charge in [-0.05, 0) is 30.2 Å². The minimum absolute atomic E-state index is 0.0927. The molecular weight excluding hydrogens is 260 g/mol. The van der Waals surface area contributed by atoms with E-state index < -0.39 is 0 Å². The molecule has 3 rings (SSSR count).